The third kappa shape index (κ3) is 2.75. The van der Waals surface area contributed by atoms with E-state index in [4.69, 9.17) is 5.73 Å². The molecule has 2 nitrogen and oxygen atoms in total. The van der Waals surface area contributed by atoms with Crippen molar-refractivity contribution >= 4 is 0 Å². The number of rotatable bonds is 3. The lowest BCUT2D eigenvalue weighted by Crippen LogP contribution is -2.55. The maximum Gasteiger partial charge on any atom is 0.0336 e. The van der Waals surface area contributed by atoms with Crippen LogP contribution < -0.4 is 5.73 Å². The van der Waals surface area contributed by atoms with Crippen LogP contribution in [0, 0.1) is 11.3 Å². The summed E-state index contributed by atoms with van der Waals surface area (Å²) in [6.07, 6.45) is 9.45. The lowest BCUT2D eigenvalue weighted by molar-refractivity contribution is 0.0474. The summed E-state index contributed by atoms with van der Waals surface area (Å²) >= 11 is 0. The number of hydrogen-bond acceptors (Lipinski definition) is 2. The largest absolute Gasteiger partial charge is 0.329 e. The van der Waals surface area contributed by atoms with Crippen molar-refractivity contribution in [1.29, 1.82) is 0 Å². The molecule has 1 unspecified atom stereocenters. The van der Waals surface area contributed by atoms with Crippen LogP contribution in [0.25, 0.3) is 0 Å². The van der Waals surface area contributed by atoms with Gasteiger partial charge in [0.15, 0.2) is 0 Å². The second kappa shape index (κ2) is 5.13. The second-order valence-corrected chi connectivity index (χ2v) is 7.79. The predicted octanol–water partition coefficient (Wildman–Crippen LogP) is 3.40. The van der Waals surface area contributed by atoms with Crippen LogP contribution >= 0.6 is 0 Å². The minimum Gasteiger partial charge on any atom is -0.329 e. The van der Waals surface area contributed by atoms with Crippen molar-refractivity contribution in [3.05, 3.63) is 0 Å². The molecule has 18 heavy (non-hydrogen) atoms. The molecular formula is C16H32N2. The molecule has 2 saturated carbocycles. The summed E-state index contributed by atoms with van der Waals surface area (Å²) in [4.78, 5) is 2.67. The number of nitrogens with zero attached hydrogens (tertiary/aromatic N) is 1. The fourth-order valence-electron chi connectivity index (χ4n) is 4.27. The number of hydrogen-bond donors (Lipinski definition) is 1. The summed E-state index contributed by atoms with van der Waals surface area (Å²) in [7, 11) is 2.34. The molecule has 0 aliphatic heterocycles. The van der Waals surface area contributed by atoms with Gasteiger partial charge in [0.05, 0.1) is 0 Å². The first-order chi connectivity index (χ1) is 8.38. The van der Waals surface area contributed by atoms with Gasteiger partial charge in [-0.05, 0) is 63.3 Å². The summed E-state index contributed by atoms with van der Waals surface area (Å²) in [5.74, 6) is 0.934. The molecule has 1 atom stereocenters. The molecule has 2 aliphatic rings. The second-order valence-electron chi connectivity index (χ2n) is 7.79. The first kappa shape index (κ1) is 14.3. The third-order valence-electron chi connectivity index (χ3n) is 5.74. The van der Waals surface area contributed by atoms with Crippen LogP contribution in [0.1, 0.15) is 65.7 Å². The Hall–Kier alpha value is -0.0800. The Morgan fingerprint density at radius 1 is 1.11 bits per heavy atom. The summed E-state index contributed by atoms with van der Waals surface area (Å²) in [6, 6.07) is 0.777. The van der Waals surface area contributed by atoms with Gasteiger partial charge >= 0.3 is 0 Å². The Morgan fingerprint density at radius 2 is 1.72 bits per heavy atom. The molecule has 106 valence electrons. The molecule has 0 bridgehead atoms. The quantitative estimate of drug-likeness (QED) is 0.834. The SMILES string of the molecule is CC1CCC(N(C)C2(CN)CCC(C)(C)C2)CC1. The smallest absolute Gasteiger partial charge is 0.0336 e. The normalized spacial score (nSPS) is 40.3. The van der Waals surface area contributed by atoms with E-state index in [1.807, 2.05) is 0 Å². The summed E-state index contributed by atoms with van der Waals surface area (Å²) < 4.78 is 0. The lowest BCUT2D eigenvalue weighted by Gasteiger charge is -2.46. The highest BCUT2D eigenvalue weighted by molar-refractivity contribution is 5.03. The minimum absolute atomic E-state index is 0.286. The van der Waals surface area contributed by atoms with E-state index in [2.05, 4.69) is 32.7 Å². The molecule has 0 aromatic rings. The van der Waals surface area contributed by atoms with Crippen LogP contribution in [0.15, 0.2) is 0 Å². The average Bonchev–Trinajstić information content (AvgIpc) is 2.66. The van der Waals surface area contributed by atoms with Gasteiger partial charge in [-0.2, -0.15) is 0 Å². The van der Waals surface area contributed by atoms with E-state index in [1.54, 1.807) is 0 Å². The van der Waals surface area contributed by atoms with E-state index >= 15 is 0 Å². The zero-order valence-electron chi connectivity index (χ0n) is 12.8. The summed E-state index contributed by atoms with van der Waals surface area (Å²) in [6.45, 7) is 8.04. The van der Waals surface area contributed by atoms with Crippen molar-refractivity contribution in [1.82, 2.24) is 4.90 Å². The van der Waals surface area contributed by atoms with Gasteiger partial charge in [-0.1, -0.05) is 20.8 Å². The van der Waals surface area contributed by atoms with Crippen LogP contribution in [0.3, 0.4) is 0 Å². The maximum atomic E-state index is 6.18. The van der Waals surface area contributed by atoms with Crippen molar-refractivity contribution in [2.45, 2.75) is 77.3 Å². The minimum atomic E-state index is 0.286. The molecule has 2 rings (SSSR count). The third-order valence-corrected chi connectivity index (χ3v) is 5.74. The Morgan fingerprint density at radius 3 is 2.17 bits per heavy atom. The van der Waals surface area contributed by atoms with Gasteiger partial charge < -0.3 is 5.73 Å². The van der Waals surface area contributed by atoms with E-state index in [9.17, 15) is 0 Å². The van der Waals surface area contributed by atoms with E-state index in [0.717, 1.165) is 18.5 Å². The van der Waals surface area contributed by atoms with Gasteiger partial charge in [-0.15, -0.1) is 0 Å². The van der Waals surface area contributed by atoms with Crippen LogP contribution in [0.2, 0.25) is 0 Å². The molecule has 0 saturated heterocycles. The Labute approximate surface area is 113 Å². The number of nitrogens with two attached hydrogens (primary N) is 1. The molecule has 2 N–H and O–H groups in total. The molecule has 2 aliphatic carbocycles. The lowest BCUT2D eigenvalue weighted by atomic mass is 9.82. The molecule has 0 spiro atoms. The Balaban J connectivity index is 2.04. The predicted molar refractivity (Wildman–Crippen MR) is 78.6 cm³/mol. The summed E-state index contributed by atoms with van der Waals surface area (Å²) in [5.41, 5.74) is 6.95. The monoisotopic (exact) mass is 252 g/mol. The van der Waals surface area contributed by atoms with Crippen molar-refractivity contribution in [2.24, 2.45) is 17.1 Å². The van der Waals surface area contributed by atoms with Crippen LogP contribution in [-0.2, 0) is 0 Å². The topological polar surface area (TPSA) is 29.3 Å². The van der Waals surface area contributed by atoms with Crippen molar-refractivity contribution in [2.75, 3.05) is 13.6 Å². The van der Waals surface area contributed by atoms with Gasteiger partial charge in [0.25, 0.3) is 0 Å². The van der Waals surface area contributed by atoms with Gasteiger partial charge in [0.2, 0.25) is 0 Å². The zero-order chi connectivity index (χ0) is 13.4. The van der Waals surface area contributed by atoms with Crippen LogP contribution in [0.5, 0.6) is 0 Å². The van der Waals surface area contributed by atoms with E-state index in [-0.39, 0.29) is 5.54 Å². The fourth-order valence-corrected chi connectivity index (χ4v) is 4.27. The summed E-state index contributed by atoms with van der Waals surface area (Å²) in [5, 5.41) is 0. The maximum absolute atomic E-state index is 6.18. The molecule has 2 fully saturated rings. The highest BCUT2D eigenvalue weighted by Crippen LogP contribution is 2.47. The zero-order valence-corrected chi connectivity index (χ0v) is 12.8. The van der Waals surface area contributed by atoms with Crippen molar-refractivity contribution in [3.63, 3.8) is 0 Å². The van der Waals surface area contributed by atoms with Gasteiger partial charge in [-0.25, -0.2) is 0 Å². The molecule has 0 radical (unpaired) electrons. The van der Waals surface area contributed by atoms with Gasteiger partial charge in [0, 0.05) is 18.1 Å². The van der Waals surface area contributed by atoms with Gasteiger partial charge in [0.1, 0.15) is 0 Å². The van der Waals surface area contributed by atoms with Crippen LogP contribution in [-0.4, -0.2) is 30.1 Å². The molecule has 2 heteroatoms. The molecule has 0 aromatic carbocycles. The molecule has 0 aromatic heterocycles. The Bertz CT molecular complexity index is 279. The fraction of sp³-hybridized carbons (Fsp3) is 1.00. The molecule has 0 amide bonds. The van der Waals surface area contributed by atoms with E-state index in [1.165, 1.54) is 44.9 Å². The van der Waals surface area contributed by atoms with E-state index < -0.39 is 0 Å². The first-order valence-electron chi connectivity index (χ1n) is 7.82. The molecule has 0 heterocycles. The van der Waals surface area contributed by atoms with Crippen molar-refractivity contribution < 1.29 is 0 Å². The highest BCUT2D eigenvalue weighted by atomic mass is 15.2. The van der Waals surface area contributed by atoms with E-state index in [0.29, 0.717) is 5.41 Å². The number of likely N-dealkylation sites (N-methyl/N-ethyl adjacent to an activating group) is 1. The van der Waals surface area contributed by atoms with Crippen molar-refractivity contribution in [3.8, 4) is 0 Å². The Kier molecular flexibility index (Phi) is 4.08. The standard InChI is InChI=1S/C16H32N2/c1-13-5-7-14(8-6-13)18(4)16(12-17)10-9-15(2,3)11-16/h13-14H,5-12,17H2,1-4H3. The average molecular weight is 252 g/mol. The molecular weight excluding hydrogens is 220 g/mol. The highest BCUT2D eigenvalue weighted by Gasteiger charge is 2.46. The first-order valence-corrected chi connectivity index (χ1v) is 7.82. The van der Waals surface area contributed by atoms with Gasteiger partial charge in [-0.3, -0.25) is 4.90 Å². The van der Waals surface area contributed by atoms with Crippen LogP contribution in [0.4, 0.5) is 0 Å².